The molecule has 19 heavy (non-hydrogen) atoms. The molecule has 1 aromatic rings. The van der Waals surface area contributed by atoms with Gasteiger partial charge in [-0.3, -0.25) is 4.79 Å². The van der Waals surface area contributed by atoms with Crippen LogP contribution in [0.15, 0.2) is 30.3 Å². The number of rotatable bonds is 7. The summed E-state index contributed by atoms with van der Waals surface area (Å²) in [5.74, 6) is -0.127. The lowest BCUT2D eigenvalue weighted by atomic mass is 9.98. The molecule has 106 valence electrons. The number of likely N-dealkylation sites (N-methyl/N-ethyl adjacent to an activating group) is 1. The Morgan fingerprint density at radius 3 is 2.32 bits per heavy atom. The van der Waals surface area contributed by atoms with Crippen molar-refractivity contribution in [2.45, 2.75) is 12.3 Å². The summed E-state index contributed by atoms with van der Waals surface area (Å²) in [5, 5.41) is 0. The Bertz CT molecular complexity index is 378. The minimum Gasteiger partial charge on any atom is -0.345 e. The first-order chi connectivity index (χ1) is 9.06. The van der Waals surface area contributed by atoms with E-state index in [1.165, 1.54) is 0 Å². The van der Waals surface area contributed by atoms with Crippen LogP contribution in [0.4, 0.5) is 0 Å². The molecule has 1 unspecified atom stereocenters. The number of hydrogen-bond acceptors (Lipinski definition) is 3. The van der Waals surface area contributed by atoms with Crippen LogP contribution in [0.5, 0.6) is 0 Å². The Morgan fingerprint density at radius 2 is 1.79 bits per heavy atom. The van der Waals surface area contributed by atoms with Crippen LogP contribution in [-0.2, 0) is 4.79 Å². The van der Waals surface area contributed by atoms with E-state index in [0.29, 0.717) is 6.54 Å². The largest absolute Gasteiger partial charge is 0.345 e. The highest BCUT2D eigenvalue weighted by molar-refractivity contribution is 5.83. The first-order valence-electron chi connectivity index (χ1n) is 6.71. The Hall–Kier alpha value is -1.39. The van der Waals surface area contributed by atoms with Crippen molar-refractivity contribution in [3.8, 4) is 0 Å². The summed E-state index contributed by atoms with van der Waals surface area (Å²) >= 11 is 0. The monoisotopic (exact) mass is 263 g/mol. The van der Waals surface area contributed by atoms with E-state index in [4.69, 9.17) is 5.73 Å². The van der Waals surface area contributed by atoms with Gasteiger partial charge >= 0.3 is 0 Å². The van der Waals surface area contributed by atoms with Crippen molar-refractivity contribution >= 4 is 5.91 Å². The molecule has 4 heteroatoms. The van der Waals surface area contributed by atoms with Gasteiger partial charge in [-0.2, -0.15) is 0 Å². The van der Waals surface area contributed by atoms with Gasteiger partial charge in [-0.05, 0) is 32.6 Å². The molecule has 1 aromatic carbocycles. The molecular weight excluding hydrogens is 238 g/mol. The summed E-state index contributed by atoms with van der Waals surface area (Å²) in [6.45, 7) is 2.09. The lowest BCUT2D eigenvalue weighted by molar-refractivity contribution is -0.131. The van der Waals surface area contributed by atoms with E-state index in [9.17, 15) is 4.79 Å². The van der Waals surface area contributed by atoms with Crippen LogP contribution in [0.1, 0.15) is 17.9 Å². The van der Waals surface area contributed by atoms with Gasteiger partial charge < -0.3 is 15.5 Å². The molecule has 0 aliphatic heterocycles. The van der Waals surface area contributed by atoms with E-state index in [1.54, 1.807) is 4.90 Å². The summed E-state index contributed by atoms with van der Waals surface area (Å²) < 4.78 is 0. The van der Waals surface area contributed by atoms with Crippen LogP contribution in [0.3, 0.4) is 0 Å². The molecule has 1 amide bonds. The van der Waals surface area contributed by atoms with Gasteiger partial charge in [0.25, 0.3) is 0 Å². The second kappa shape index (κ2) is 7.92. The molecule has 0 aliphatic carbocycles. The molecule has 2 N–H and O–H groups in total. The zero-order valence-electron chi connectivity index (χ0n) is 12.2. The maximum Gasteiger partial charge on any atom is 0.231 e. The van der Waals surface area contributed by atoms with Gasteiger partial charge in [0.2, 0.25) is 5.91 Å². The molecule has 0 bridgehead atoms. The topological polar surface area (TPSA) is 49.6 Å². The van der Waals surface area contributed by atoms with Crippen molar-refractivity contribution in [1.29, 1.82) is 0 Å². The molecule has 0 saturated carbocycles. The maximum atomic E-state index is 12.4. The van der Waals surface area contributed by atoms with Crippen molar-refractivity contribution in [3.05, 3.63) is 35.9 Å². The van der Waals surface area contributed by atoms with Crippen LogP contribution in [0.2, 0.25) is 0 Å². The number of amides is 1. The van der Waals surface area contributed by atoms with Gasteiger partial charge in [-0.1, -0.05) is 30.3 Å². The maximum absolute atomic E-state index is 12.4. The predicted octanol–water partition coefficient (Wildman–Crippen LogP) is 1.14. The van der Waals surface area contributed by atoms with Crippen LogP contribution < -0.4 is 5.73 Å². The van der Waals surface area contributed by atoms with Crippen LogP contribution in [0.25, 0.3) is 0 Å². The Labute approximate surface area is 116 Å². The molecule has 0 spiro atoms. The SMILES string of the molecule is CN(C)CCCN(C)C(=O)C(CN)c1ccccc1. The van der Waals surface area contributed by atoms with Gasteiger partial charge in [0.05, 0.1) is 5.92 Å². The third-order valence-electron chi connectivity index (χ3n) is 3.21. The highest BCUT2D eigenvalue weighted by Gasteiger charge is 2.21. The minimum atomic E-state index is -0.231. The van der Waals surface area contributed by atoms with Gasteiger partial charge in [0.1, 0.15) is 0 Å². The summed E-state index contributed by atoms with van der Waals surface area (Å²) in [5.41, 5.74) is 6.76. The van der Waals surface area contributed by atoms with Crippen molar-refractivity contribution in [2.24, 2.45) is 5.73 Å². The van der Waals surface area contributed by atoms with Gasteiger partial charge in [-0.25, -0.2) is 0 Å². The first-order valence-corrected chi connectivity index (χ1v) is 6.71. The highest BCUT2D eigenvalue weighted by Crippen LogP contribution is 2.16. The van der Waals surface area contributed by atoms with Crippen LogP contribution >= 0.6 is 0 Å². The molecule has 4 nitrogen and oxygen atoms in total. The van der Waals surface area contributed by atoms with Crippen molar-refractivity contribution in [2.75, 3.05) is 40.8 Å². The van der Waals surface area contributed by atoms with Crippen LogP contribution in [0, 0.1) is 0 Å². The normalized spacial score (nSPS) is 12.5. The first kappa shape index (κ1) is 15.7. The Balaban J connectivity index is 2.58. The average molecular weight is 263 g/mol. The zero-order chi connectivity index (χ0) is 14.3. The average Bonchev–Trinajstić information content (AvgIpc) is 2.40. The molecule has 0 saturated heterocycles. The number of hydrogen-bond donors (Lipinski definition) is 1. The van der Waals surface area contributed by atoms with Gasteiger partial charge in [-0.15, -0.1) is 0 Å². The molecule has 0 aliphatic rings. The lowest BCUT2D eigenvalue weighted by Gasteiger charge is -2.23. The minimum absolute atomic E-state index is 0.104. The fraction of sp³-hybridized carbons (Fsp3) is 0.533. The molecule has 1 atom stereocenters. The number of benzene rings is 1. The standard InChI is InChI=1S/C15H25N3O/c1-17(2)10-7-11-18(3)15(19)14(12-16)13-8-5-4-6-9-13/h4-6,8-9,14H,7,10-12,16H2,1-3H3. The molecule has 0 aromatic heterocycles. The summed E-state index contributed by atoms with van der Waals surface area (Å²) in [7, 11) is 5.92. The number of carbonyl (C=O) groups is 1. The van der Waals surface area contributed by atoms with Gasteiger partial charge in [0.15, 0.2) is 0 Å². The van der Waals surface area contributed by atoms with E-state index in [2.05, 4.69) is 4.90 Å². The third kappa shape index (κ3) is 5.01. The second-order valence-corrected chi connectivity index (χ2v) is 5.12. The van der Waals surface area contributed by atoms with Crippen molar-refractivity contribution in [3.63, 3.8) is 0 Å². The quantitative estimate of drug-likeness (QED) is 0.802. The van der Waals surface area contributed by atoms with Gasteiger partial charge in [0, 0.05) is 20.1 Å². The van der Waals surface area contributed by atoms with Crippen molar-refractivity contribution in [1.82, 2.24) is 9.80 Å². The predicted molar refractivity (Wildman–Crippen MR) is 79.0 cm³/mol. The van der Waals surface area contributed by atoms with E-state index in [-0.39, 0.29) is 11.8 Å². The molecule has 0 heterocycles. The van der Waals surface area contributed by atoms with E-state index in [1.807, 2.05) is 51.5 Å². The zero-order valence-corrected chi connectivity index (χ0v) is 12.2. The molecule has 0 fully saturated rings. The Morgan fingerprint density at radius 1 is 1.16 bits per heavy atom. The summed E-state index contributed by atoms with van der Waals surface area (Å²) in [6, 6.07) is 9.75. The second-order valence-electron chi connectivity index (χ2n) is 5.12. The summed E-state index contributed by atoms with van der Waals surface area (Å²) in [6.07, 6.45) is 0.974. The molecule has 1 rings (SSSR count). The fourth-order valence-corrected chi connectivity index (χ4v) is 2.07. The number of carbonyl (C=O) groups excluding carboxylic acids is 1. The fourth-order valence-electron chi connectivity index (χ4n) is 2.07. The Kier molecular flexibility index (Phi) is 6.53. The van der Waals surface area contributed by atoms with E-state index in [0.717, 1.165) is 25.1 Å². The van der Waals surface area contributed by atoms with E-state index >= 15 is 0 Å². The van der Waals surface area contributed by atoms with E-state index < -0.39 is 0 Å². The molecule has 0 radical (unpaired) electrons. The number of nitrogens with zero attached hydrogens (tertiary/aromatic N) is 2. The summed E-state index contributed by atoms with van der Waals surface area (Å²) in [4.78, 5) is 16.3. The third-order valence-corrected chi connectivity index (χ3v) is 3.21. The smallest absolute Gasteiger partial charge is 0.231 e. The lowest BCUT2D eigenvalue weighted by Crippen LogP contribution is -2.36. The number of nitrogens with two attached hydrogens (primary N) is 1. The van der Waals surface area contributed by atoms with Crippen molar-refractivity contribution < 1.29 is 4.79 Å². The highest BCUT2D eigenvalue weighted by atomic mass is 16.2. The van der Waals surface area contributed by atoms with Crippen LogP contribution in [-0.4, -0.2) is 56.5 Å². The molecular formula is C15H25N3O.